The highest BCUT2D eigenvalue weighted by atomic mass is 35.5. The van der Waals surface area contributed by atoms with Gasteiger partial charge in [0.2, 0.25) is 0 Å². The van der Waals surface area contributed by atoms with Gasteiger partial charge >= 0.3 is 5.97 Å². The first-order chi connectivity index (χ1) is 11.4. The number of rotatable bonds is 5. The van der Waals surface area contributed by atoms with Gasteiger partial charge in [0, 0.05) is 16.1 Å². The Morgan fingerprint density at radius 1 is 1.25 bits per heavy atom. The van der Waals surface area contributed by atoms with Crippen molar-refractivity contribution in [2.24, 2.45) is 11.8 Å². The van der Waals surface area contributed by atoms with Gasteiger partial charge in [-0.2, -0.15) is 0 Å². The van der Waals surface area contributed by atoms with E-state index in [1.54, 1.807) is 18.2 Å². The van der Waals surface area contributed by atoms with Crippen molar-refractivity contribution in [1.29, 1.82) is 0 Å². The number of halogens is 2. The zero-order valence-electron chi connectivity index (χ0n) is 14.0. The summed E-state index contributed by atoms with van der Waals surface area (Å²) in [4.78, 5) is 23.9. The number of nitrogens with one attached hydrogen (secondary N) is 1. The van der Waals surface area contributed by atoms with Crippen molar-refractivity contribution >= 4 is 35.1 Å². The van der Waals surface area contributed by atoms with Crippen LogP contribution in [0.2, 0.25) is 10.0 Å². The summed E-state index contributed by atoms with van der Waals surface area (Å²) in [6.45, 7) is 4.10. The summed E-state index contributed by atoms with van der Waals surface area (Å²) >= 11 is 11.8. The molecule has 0 aliphatic heterocycles. The molecule has 24 heavy (non-hydrogen) atoms. The quantitative estimate of drug-likeness (QED) is 0.795. The van der Waals surface area contributed by atoms with Gasteiger partial charge < -0.3 is 10.1 Å². The molecule has 0 saturated heterocycles. The summed E-state index contributed by atoms with van der Waals surface area (Å²) in [5, 5.41) is 3.90. The second-order valence-electron chi connectivity index (χ2n) is 6.51. The van der Waals surface area contributed by atoms with E-state index < -0.39 is 5.97 Å². The van der Waals surface area contributed by atoms with Crippen LogP contribution in [-0.4, -0.2) is 24.5 Å². The molecule has 0 heterocycles. The van der Waals surface area contributed by atoms with Gasteiger partial charge in [0.25, 0.3) is 5.91 Å². The fourth-order valence-electron chi connectivity index (χ4n) is 3.05. The summed E-state index contributed by atoms with van der Waals surface area (Å²) in [5.41, 5.74) is 0.626. The molecule has 4 nitrogen and oxygen atoms in total. The Hall–Kier alpha value is -1.26. The molecule has 0 bridgehead atoms. The first-order valence-electron chi connectivity index (χ1n) is 8.25. The van der Waals surface area contributed by atoms with E-state index >= 15 is 0 Å². The SMILES string of the molecule is C[C@@H]1[C@H](C)CCC[C@@H]1NC(=O)COC(=O)Cc1ccc(Cl)cc1Cl. The molecule has 2 rings (SSSR count). The number of hydrogen-bond donors (Lipinski definition) is 1. The van der Waals surface area contributed by atoms with Crippen LogP contribution < -0.4 is 5.32 Å². The number of hydrogen-bond acceptors (Lipinski definition) is 3. The van der Waals surface area contributed by atoms with Gasteiger partial charge in [0.15, 0.2) is 6.61 Å². The zero-order chi connectivity index (χ0) is 17.7. The molecule has 1 aromatic rings. The lowest BCUT2D eigenvalue weighted by Crippen LogP contribution is -2.45. The van der Waals surface area contributed by atoms with E-state index in [-0.39, 0.29) is 25.0 Å². The Bertz CT molecular complexity index is 606. The van der Waals surface area contributed by atoms with Crippen LogP contribution in [0.25, 0.3) is 0 Å². The minimum absolute atomic E-state index is 0.0140. The van der Waals surface area contributed by atoms with Crippen molar-refractivity contribution in [1.82, 2.24) is 5.32 Å². The molecule has 0 radical (unpaired) electrons. The highest BCUT2D eigenvalue weighted by Gasteiger charge is 2.28. The Labute approximate surface area is 152 Å². The second kappa shape index (κ2) is 8.72. The fourth-order valence-corrected chi connectivity index (χ4v) is 3.53. The minimum Gasteiger partial charge on any atom is -0.455 e. The van der Waals surface area contributed by atoms with Gasteiger partial charge in [0.05, 0.1) is 6.42 Å². The van der Waals surface area contributed by atoms with Crippen LogP contribution in [0, 0.1) is 11.8 Å². The Kier molecular flexibility index (Phi) is 6.93. The molecule has 1 fully saturated rings. The molecule has 1 aliphatic carbocycles. The molecule has 0 aromatic heterocycles. The number of carbonyl (C=O) groups is 2. The average molecular weight is 372 g/mol. The van der Waals surface area contributed by atoms with E-state index in [1.165, 1.54) is 6.42 Å². The molecule has 6 heteroatoms. The van der Waals surface area contributed by atoms with Crippen LogP contribution >= 0.6 is 23.2 Å². The topological polar surface area (TPSA) is 55.4 Å². The number of ether oxygens (including phenoxy) is 1. The molecule has 1 saturated carbocycles. The molecule has 0 unspecified atom stereocenters. The van der Waals surface area contributed by atoms with Crippen molar-refractivity contribution in [2.45, 2.75) is 45.6 Å². The predicted molar refractivity (Wildman–Crippen MR) is 95.2 cm³/mol. The highest BCUT2D eigenvalue weighted by Crippen LogP contribution is 2.29. The molecule has 1 N–H and O–H groups in total. The van der Waals surface area contributed by atoms with E-state index in [0.717, 1.165) is 12.8 Å². The minimum atomic E-state index is -0.487. The second-order valence-corrected chi connectivity index (χ2v) is 7.36. The summed E-state index contributed by atoms with van der Waals surface area (Å²) in [6, 6.07) is 5.07. The van der Waals surface area contributed by atoms with Crippen molar-refractivity contribution in [3.63, 3.8) is 0 Å². The molecule has 1 aliphatic rings. The maximum Gasteiger partial charge on any atom is 0.310 e. The fraction of sp³-hybridized carbons (Fsp3) is 0.556. The number of esters is 1. The normalized spacial score (nSPS) is 23.6. The van der Waals surface area contributed by atoms with Crippen molar-refractivity contribution in [3.05, 3.63) is 33.8 Å². The van der Waals surface area contributed by atoms with Crippen molar-refractivity contribution in [3.8, 4) is 0 Å². The van der Waals surface area contributed by atoms with Crippen LogP contribution in [0.1, 0.15) is 38.7 Å². The van der Waals surface area contributed by atoms with Crippen LogP contribution in [0.3, 0.4) is 0 Å². The number of benzene rings is 1. The molecular formula is C18H23Cl2NO3. The third-order valence-corrected chi connectivity index (χ3v) is 5.35. The average Bonchev–Trinajstić information content (AvgIpc) is 2.53. The van der Waals surface area contributed by atoms with Gasteiger partial charge in [-0.25, -0.2) is 0 Å². The standard InChI is InChI=1S/C18H23Cl2NO3/c1-11-4-3-5-16(12(11)2)21-17(22)10-24-18(23)8-13-6-7-14(19)9-15(13)20/h6-7,9,11-12,16H,3-5,8,10H2,1-2H3,(H,21,22)/t11-,12-,16+/m1/s1. The van der Waals surface area contributed by atoms with Crippen molar-refractivity contribution in [2.75, 3.05) is 6.61 Å². The maximum atomic E-state index is 12.0. The Balaban J connectivity index is 1.77. The van der Waals surface area contributed by atoms with Gasteiger partial charge in [-0.05, 0) is 36.0 Å². The smallest absolute Gasteiger partial charge is 0.310 e. The monoisotopic (exact) mass is 371 g/mol. The molecule has 3 atom stereocenters. The van der Waals surface area contributed by atoms with Gasteiger partial charge in [-0.15, -0.1) is 0 Å². The molecule has 0 spiro atoms. The van der Waals surface area contributed by atoms with Gasteiger partial charge in [0.1, 0.15) is 0 Å². The van der Waals surface area contributed by atoms with Crippen LogP contribution in [-0.2, 0) is 20.7 Å². The molecule has 132 valence electrons. The van der Waals surface area contributed by atoms with E-state index in [4.69, 9.17) is 27.9 Å². The number of amides is 1. The first kappa shape index (κ1) is 19.1. The largest absolute Gasteiger partial charge is 0.455 e. The van der Waals surface area contributed by atoms with Gasteiger partial charge in [-0.3, -0.25) is 9.59 Å². The van der Waals surface area contributed by atoms with Crippen molar-refractivity contribution < 1.29 is 14.3 Å². The predicted octanol–water partition coefficient (Wildman–Crippen LogP) is 4.02. The Morgan fingerprint density at radius 2 is 2.00 bits per heavy atom. The summed E-state index contributed by atoms with van der Waals surface area (Å²) in [7, 11) is 0. The van der Waals surface area contributed by atoms with E-state index in [2.05, 4.69) is 19.2 Å². The highest BCUT2D eigenvalue weighted by molar-refractivity contribution is 6.35. The third-order valence-electron chi connectivity index (χ3n) is 4.77. The maximum absolute atomic E-state index is 12.0. The summed E-state index contributed by atoms with van der Waals surface area (Å²) in [5.74, 6) is 0.292. The Morgan fingerprint density at radius 3 is 2.71 bits per heavy atom. The zero-order valence-corrected chi connectivity index (χ0v) is 15.5. The molecule has 1 amide bonds. The van der Waals surface area contributed by atoms with Crippen LogP contribution in [0.4, 0.5) is 0 Å². The number of carbonyl (C=O) groups excluding carboxylic acids is 2. The first-order valence-corrected chi connectivity index (χ1v) is 9.01. The molecule has 1 aromatic carbocycles. The van der Waals surface area contributed by atoms with Crippen LogP contribution in [0.15, 0.2) is 18.2 Å². The lowest BCUT2D eigenvalue weighted by molar-refractivity contribution is -0.148. The lowest BCUT2D eigenvalue weighted by Gasteiger charge is -2.34. The van der Waals surface area contributed by atoms with Gasteiger partial charge in [-0.1, -0.05) is 56.0 Å². The van der Waals surface area contributed by atoms with E-state index in [1.807, 2.05) is 0 Å². The molecular weight excluding hydrogens is 349 g/mol. The van der Waals surface area contributed by atoms with E-state index in [9.17, 15) is 9.59 Å². The third kappa shape index (κ3) is 5.38. The summed E-state index contributed by atoms with van der Waals surface area (Å²) in [6.07, 6.45) is 3.31. The van der Waals surface area contributed by atoms with Crippen LogP contribution in [0.5, 0.6) is 0 Å². The van der Waals surface area contributed by atoms with E-state index in [0.29, 0.717) is 27.4 Å². The lowest BCUT2D eigenvalue weighted by atomic mass is 9.78. The summed E-state index contributed by atoms with van der Waals surface area (Å²) < 4.78 is 5.05.